The lowest BCUT2D eigenvalue weighted by Crippen LogP contribution is -2.62. The molecule has 5 rings (SSSR count). The molecular formula is C25H28N2O5. The van der Waals surface area contributed by atoms with Gasteiger partial charge in [-0.1, -0.05) is 49.7 Å². The SMILES string of the molecule is CON=C1C(OC)=CC23Oc4c(ccc5c4C(O)NC5=O)CC2(C)C(C)=CC=C3C1(C)C. The predicted molar refractivity (Wildman–Crippen MR) is 119 cm³/mol. The zero-order valence-corrected chi connectivity index (χ0v) is 19.2. The van der Waals surface area contributed by atoms with Crippen LogP contribution in [0.1, 0.15) is 55.4 Å². The maximum absolute atomic E-state index is 12.3. The van der Waals surface area contributed by atoms with E-state index in [0.717, 1.165) is 11.1 Å². The number of hydrogen-bond donors (Lipinski definition) is 2. The van der Waals surface area contributed by atoms with E-state index in [1.54, 1.807) is 13.2 Å². The van der Waals surface area contributed by atoms with Crippen LogP contribution in [-0.4, -0.2) is 36.5 Å². The van der Waals surface area contributed by atoms with Gasteiger partial charge in [-0.15, -0.1) is 0 Å². The van der Waals surface area contributed by atoms with Crippen LogP contribution in [0.2, 0.25) is 0 Å². The third-order valence-electron chi connectivity index (χ3n) is 7.70. The molecule has 0 aromatic heterocycles. The van der Waals surface area contributed by atoms with Crippen LogP contribution in [0.3, 0.4) is 0 Å². The average molecular weight is 437 g/mol. The number of ether oxygens (including phenoxy) is 2. The van der Waals surface area contributed by atoms with Gasteiger partial charge in [-0.2, -0.15) is 0 Å². The van der Waals surface area contributed by atoms with Crippen molar-refractivity contribution in [1.29, 1.82) is 0 Å². The van der Waals surface area contributed by atoms with Gasteiger partial charge in [0.1, 0.15) is 24.3 Å². The molecule has 168 valence electrons. The van der Waals surface area contributed by atoms with Crippen molar-refractivity contribution in [3.63, 3.8) is 0 Å². The molecule has 2 N–H and O–H groups in total. The highest BCUT2D eigenvalue weighted by atomic mass is 16.6. The van der Waals surface area contributed by atoms with Crippen LogP contribution in [0.5, 0.6) is 5.75 Å². The summed E-state index contributed by atoms with van der Waals surface area (Å²) >= 11 is 0. The summed E-state index contributed by atoms with van der Waals surface area (Å²) in [6.45, 7) is 8.46. The van der Waals surface area contributed by atoms with E-state index in [2.05, 4.69) is 50.3 Å². The van der Waals surface area contributed by atoms with Crippen LogP contribution in [0, 0.1) is 10.8 Å². The molecule has 1 aromatic rings. The number of benzene rings is 1. The summed E-state index contributed by atoms with van der Waals surface area (Å²) in [5, 5.41) is 17.5. The topological polar surface area (TPSA) is 89.4 Å². The summed E-state index contributed by atoms with van der Waals surface area (Å²) < 4.78 is 12.7. The number of allylic oxidation sites excluding steroid dienone is 3. The molecule has 3 atom stereocenters. The highest BCUT2D eigenvalue weighted by Gasteiger charge is 2.63. The number of carbonyl (C=O) groups excluding carboxylic acids is 1. The fourth-order valence-corrected chi connectivity index (χ4v) is 5.77. The minimum Gasteiger partial charge on any atom is -0.495 e. The van der Waals surface area contributed by atoms with Gasteiger partial charge >= 0.3 is 0 Å². The van der Waals surface area contributed by atoms with E-state index in [9.17, 15) is 9.90 Å². The molecule has 4 aliphatic rings. The van der Waals surface area contributed by atoms with Crippen molar-refractivity contribution >= 4 is 11.6 Å². The molecule has 3 unspecified atom stereocenters. The lowest BCUT2D eigenvalue weighted by Gasteiger charge is -2.58. The number of nitrogens with zero attached hydrogens (tertiary/aromatic N) is 1. The van der Waals surface area contributed by atoms with E-state index >= 15 is 0 Å². The van der Waals surface area contributed by atoms with Crippen LogP contribution in [0.25, 0.3) is 0 Å². The number of aliphatic hydroxyl groups excluding tert-OH is 1. The third-order valence-corrected chi connectivity index (χ3v) is 7.70. The first-order valence-corrected chi connectivity index (χ1v) is 10.7. The Balaban J connectivity index is 1.83. The van der Waals surface area contributed by atoms with Crippen molar-refractivity contribution in [2.45, 2.75) is 45.9 Å². The van der Waals surface area contributed by atoms with Gasteiger partial charge in [0.25, 0.3) is 5.91 Å². The fraction of sp³-hybridized carbons (Fsp3) is 0.440. The van der Waals surface area contributed by atoms with Gasteiger partial charge in [0.15, 0.2) is 11.8 Å². The van der Waals surface area contributed by atoms with Gasteiger partial charge in [0.2, 0.25) is 0 Å². The standard InChI is InChI=1S/C25H28N2O5/c1-13-7-10-17-23(2,3)20(27-31-6)16(30-5)12-25(17)24(13,4)11-14-8-9-15-18(19(14)32-25)22(29)26-21(15)28/h7-10,12,22,29H,11H2,1-6H3,(H,26,28). The largest absolute Gasteiger partial charge is 0.495 e. The summed E-state index contributed by atoms with van der Waals surface area (Å²) in [4.78, 5) is 17.5. The van der Waals surface area contributed by atoms with Crippen molar-refractivity contribution < 1.29 is 24.2 Å². The zero-order valence-electron chi connectivity index (χ0n) is 19.2. The summed E-state index contributed by atoms with van der Waals surface area (Å²) in [7, 11) is 3.13. The van der Waals surface area contributed by atoms with Gasteiger partial charge in [0, 0.05) is 16.9 Å². The Labute approximate surface area is 187 Å². The number of nitrogens with one attached hydrogen (secondary N) is 1. The van der Waals surface area contributed by atoms with Crippen molar-refractivity contribution in [3.05, 3.63) is 64.0 Å². The Morgan fingerprint density at radius 3 is 2.66 bits per heavy atom. The van der Waals surface area contributed by atoms with Gasteiger partial charge in [-0.25, -0.2) is 0 Å². The van der Waals surface area contributed by atoms with Crippen molar-refractivity contribution in [2.24, 2.45) is 16.0 Å². The molecule has 7 heteroatoms. The number of hydrogen-bond acceptors (Lipinski definition) is 6. The van der Waals surface area contributed by atoms with Crippen LogP contribution in [-0.2, 0) is 16.0 Å². The number of aliphatic hydroxyl groups is 1. The molecule has 0 bridgehead atoms. The molecular weight excluding hydrogens is 408 g/mol. The molecule has 1 aromatic carbocycles. The van der Waals surface area contributed by atoms with E-state index in [1.165, 1.54) is 12.7 Å². The zero-order chi connectivity index (χ0) is 23.1. The van der Waals surface area contributed by atoms with E-state index in [1.807, 2.05) is 12.1 Å². The first-order valence-electron chi connectivity index (χ1n) is 10.7. The second-order valence-corrected chi connectivity index (χ2v) is 9.63. The molecule has 0 saturated heterocycles. The quantitative estimate of drug-likeness (QED) is 0.692. The van der Waals surface area contributed by atoms with Crippen molar-refractivity contribution in [2.75, 3.05) is 14.2 Å². The summed E-state index contributed by atoms with van der Waals surface area (Å²) in [6.07, 6.45) is 5.80. The normalized spacial score (nSPS) is 32.8. The minimum absolute atomic E-state index is 0.299. The summed E-state index contributed by atoms with van der Waals surface area (Å²) in [5.41, 5.74) is 2.91. The van der Waals surface area contributed by atoms with Crippen LogP contribution >= 0.6 is 0 Å². The maximum atomic E-state index is 12.3. The second kappa shape index (κ2) is 6.48. The lowest BCUT2D eigenvalue weighted by atomic mass is 9.52. The maximum Gasteiger partial charge on any atom is 0.254 e. The Hall–Kier alpha value is -3.06. The number of carbonyl (C=O) groups is 1. The molecule has 2 aliphatic carbocycles. The number of methoxy groups -OCH3 is 1. The molecule has 0 fully saturated rings. The number of rotatable bonds is 2. The first kappa shape index (κ1) is 20.8. The van der Waals surface area contributed by atoms with Gasteiger partial charge in [-0.3, -0.25) is 4.79 Å². The van der Waals surface area contributed by atoms with E-state index in [-0.39, 0.29) is 5.91 Å². The highest BCUT2D eigenvalue weighted by Crippen LogP contribution is 2.62. The third kappa shape index (κ3) is 2.34. The van der Waals surface area contributed by atoms with E-state index in [0.29, 0.717) is 34.8 Å². The number of amides is 1. The van der Waals surface area contributed by atoms with Crippen LogP contribution < -0.4 is 10.1 Å². The highest BCUT2D eigenvalue weighted by molar-refractivity contribution is 6.06. The molecule has 0 radical (unpaired) electrons. The monoisotopic (exact) mass is 436 g/mol. The van der Waals surface area contributed by atoms with Crippen LogP contribution in [0.4, 0.5) is 0 Å². The number of fused-ring (bicyclic) bond motifs is 3. The van der Waals surface area contributed by atoms with Gasteiger partial charge in [0.05, 0.1) is 18.2 Å². The summed E-state index contributed by atoms with van der Waals surface area (Å²) in [6, 6.07) is 3.70. The summed E-state index contributed by atoms with van der Waals surface area (Å²) in [5.74, 6) is 0.841. The van der Waals surface area contributed by atoms with Gasteiger partial charge < -0.3 is 24.7 Å². The minimum atomic E-state index is -1.10. The Morgan fingerprint density at radius 1 is 1.22 bits per heavy atom. The molecule has 2 aliphatic heterocycles. The van der Waals surface area contributed by atoms with Crippen LogP contribution in [0.15, 0.2) is 52.4 Å². The smallest absolute Gasteiger partial charge is 0.254 e. The van der Waals surface area contributed by atoms with E-state index < -0.39 is 22.7 Å². The second-order valence-electron chi connectivity index (χ2n) is 9.63. The lowest BCUT2D eigenvalue weighted by molar-refractivity contribution is 0.00321. The molecule has 1 spiro atoms. The van der Waals surface area contributed by atoms with E-state index in [4.69, 9.17) is 14.3 Å². The Bertz CT molecular complexity index is 1180. The fourth-order valence-electron chi connectivity index (χ4n) is 5.77. The first-order chi connectivity index (χ1) is 15.1. The molecule has 1 amide bonds. The molecule has 2 heterocycles. The molecule has 32 heavy (non-hydrogen) atoms. The molecule has 0 saturated carbocycles. The van der Waals surface area contributed by atoms with Gasteiger partial charge in [-0.05, 0) is 30.5 Å². The van der Waals surface area contributed by atoms with Crippen molar-refractivity contribution in [3.8, 4) is 5.75 Å². The Morgan fingerprint density at radius 2 is 1.97 bits per heavy atom. The predicted octanol–water partition coefficient (Wildman–Crippen LogP) is 3.56. The molecule has 7 nitrogen and oxygen atoms in total. The average Bonchev–Trinajstić information content (AvgIpc) is 3.03. The Kier molecular flexibility index (Phi) is 4.22. The number of oxime groups is 1. The van der Waals surface area contributed by atoms with Crippen molar-refractivity contribution in [1.82, 2.24) is 5.32 Å².